The lowest BCUT2D eigenvalue weighted by atomic mass is 9.68. The number of ether oxygens (including phenoxy) is 5. The molecule has 5 rings (SSSR count). The molecular weight excluding hydrogens is 288 g/mol. The first-order valence-electron chi connectivity index (χ1n) is 8.05. The molecule has 0 aromatic heterocycles. The number of hydrogen-bond donors (Lipinski definition) is 0. The maximum Gasteiger partial charge on any atom is 0.193 e. The summed E-state index contributed by atoms with van der Waals surface area (Å²) in [6, 6.07) is 0. The van der Waals surface area contributed by atoms with Crippen LogP contribution in [0.5, 0.6) is 0 Å². The first kappa shape index (κ1) is 13.9. The zero-order valence-corrected chi connectivity index (χ0v) is 13.3. The van der Waals surface area contributed by atoms with Crippen LogP contribution in [-0.2, 0) is 28.5 Å². The summed E-state index contributed by atoms with van der Waals surface area (Å²) in [7, 11) is 1.59. The maximum atomic E-state index is 12.5. The number of carbonyl (C=O) groups excluding carboxylic acids is 1. The van der Waals surface area contributed by atoms with Gasteiger partial charge < -0.3 is 23.7 Å². The predicted molar refractivity (Wildman–Crippen MR) is 73.5 cm³/mol. The van der Waals surface area contributed by atoms with E-state index in [1.807, 2.05) is 0 Å². The average Bonchev–Trinajstić information content (AvgIpc) is 3.28. The maximum absolute atomic E-state index is 12.5. The van der Waals surface area contributed by atoms with Crippen molar-refractivity contribution in [1.82, 2.24) is 0 Å². The molecule has 6 heteroatoms. The fourth-order valence-corrected chi connectivity index (χ4v) is 4.61. The SMILES string of the molecule is CO[C@@H]1C(=O)C2OC2[C@]2(CO2)[C@H]1[C@@]1(C)O[C@@H]1CC1OC1(C)C. The molecule has 3 unspecified atom stereocenters. The molecule has 4 aliphatic heterocycles. The monoisotopic (exact) mass is 310 g/mol. The standard InChI is InChI=1S/C16H22O6/c1-14(2)7(21-14)5-8-15(3,22-8)12-10(18-4)9(17)11-13(20-11)16(12)6-19-16/h7-8,10-13H,5-6H2,1-4H3/t7?,8-,10-,11?,12-,13?,15+,16+/m1/s1. The van der Waals surface area contributed by atoms with Gasteiger partial charge in [0.25, 0.3) is 0 Å². The van der Waals surface area contributed by atoms with E-state index in [1.54, 1.807) is 7.11 Å². The number of Topliss-reactive ketones (excluding diaryl/α,β-unsaturated/α-hetero) is 1. The van der Waals surface area contributed by atoms with Crippen LogP contribution in [0, 0.1) is 5.92 Å². The van der Waals surface area contributed by atoms with E-state index in [9.17, 15) is 4.79 Å². The van der Waals surface area contributed by atoms with Crippen LogP contribution in [0.4, 0.5) is 0 Å². The summed E-state index contributed by atoms with van der Waals surface area (Å²) in [5.41, 5.74) is -0.831. The van der Waals surface area contributed by atoms with E-state index < -0.39 is 11.7 Å². The molecule has 0 N–H and O–H groups in total. The quantitative estimate of drug-likeness (QED) is 0.702. The molecule has 6 nitrogen and oxygen atoms in total. The fraction of sp³-hybridized carbons (Fsp3) is 0.938. The van der Waals surface area contributed by atoms with Crippen LogP contribution in [0.3, 0.4) is 0 Å². The third kappa shape index (κ3) is 1.60. The second kappa shape index (κ2) is 3.75. The number of methoxy groups -OCH3 is 1. The molecule has 4 heterocycles. The minimum atomic E-state index is -0.505. The second-order valence-corrected chi connectivity index (χ2v) is 7.99. The van der Waals surface area contributed by atoms with Crippen LogP contribution < -0.4 is 0 Å². The van der Waals surface area contributed by atoms with E-state index >= 15 is 0 Å². The van der Waals surface area contributed by atoms with Gasteiger partial charge in [0.1, 0.15) is 29.5 Å². The summed E-state index contributed by atoms with van der Waals surface area (Å²) >= 11 is 0. The van der Waals surface area contributed by atoms with Crippen LogP contribution in [0.2, 0.25) is 0 Å². The van der Waals surface area contributed by atoms with E-state index in [0.29, 0.717) is 6.61 Å². The Kier molecular flexibility index (Phi) is 2.37. The minimum Gasteiger partial charge on any atom is -0.373 e. The van der Waals surface area contributed by atoms with Crippen molar-refractivity contribution in [3.05, 3.63) is 0 Å². The zero-order valence-electron chi connectivity index (χ0n) is 13.3. The Morgan fingerprint density at radius 3 is 2.45 bits per heavy atom. The van der Waals surface area contributed by atoms with Gasteiger partial charge in [0.05, 0.1) is 30.3 Å². The van der Waals surface area contributed by atoms with Crippen LogP contribution >= 0.6 is 0 Å². The molecular formula is C16H22O6. The average molecular weight is 310 g/mol. The molecule has 5 fully saturated rings. The molecule has 1 spiro atoms. The van der Waals surface area contributed by atoms with Gasteiger partial charge in [-0.2, -0.15) is 0 Å². The van der Waals surface area contributed by atoms with Crippen molar-refractivity contribution < 1.29 is 28.5 Å². The molecule has 4 saturated heterocycles. The molecule has 8 atom stereocenters. The van der Waals surface area contributed by atoms with Crippen LogP contribution in [0.1, 0.15) is 27.2 Å². The van der Waals surface area contributed by atoms with Crippen LogP contribution in [0.15, 0.2) is 0 Å². The molecule has 0 bridgehead atoms. The smallest absolute Gasteiger partial charge is 0.193 e. The molecule has 0 amide bonds. The van der Waals surface area contributed by atoms with E-state index in [4.69, 9.17) is 23.7 Å². The van der Waals surface area contributed by atoms with Crippen molar-refractivity contribution in [2.75, 3.05) is 13.7 Å². The number of rotatable bonds is 4. The van der Waals surface area contributed by atoms with Gasteiger partial charge >= 0.3 is 0 Å². The van der Waals surface area contributed by atoms with Gasteiger partial charge in [0.2, 0.25) is 0 Å². The topological polar surface area (TPSA) is 76.4 Å². The second-order valence-electron chi connectivity index (χ2n) is 7.99. The van der Waals surface area contributed by atoms with Gasteiger partial charge in [-0.1, -0.05) is 0 Å². The van der Waals surface area contributed by atoms with Crippen molar-refractivity contribution in [3.63, 3.8) is 0 Å². The van der Waals surface area contributed by atoms with Gasteiger partial charge in [-0.3, -0.25) is 4.79 Å². The summed E-state index contributed by atoms with van der Waals surface area (Å²) in [5.74, 6) is -0.0646. The van der Waals surface area contributed by atoms with Gasteiger partial charge in [-0.05, 0) is 20.8 Å². The van der Waals surface area contributed by atoms with Crippen molar-refractivity contribution in [3.8, 4) is 0 Å². The molecule has 0 aromatic rings. The summed E-state index contributed by atoms with van der Waals surface area (Å²) in [6.45, 7) is 6.88. The molecule has 0 aromatic carbocycles. The highest BCUT2D eigenvalue weighted by Crippen LogP contribution is 2.63. The summed E-state index contributed by atoms with van der Waals surface area (Å²) in [4.78, 5) is 12.5. The summed E-state index contributed by atoms with van der Waals surface area (Å²) in [5, 5.41) is 0. The minimum absolute atomic E-state index is 0.0390. The summed E-state index contributed by atoms with van der Waals surface area (Å²) < 4.78 is 28.7. The van der Waals surface area contributed by atoms with Crippen molar-refractivity contribution in [1.29, 1.82) is 0 Å². The Hall–Kier alpha value is -0.530. The fourth-order valence-electron chi connectivity index (χ4n) is 4.61. The Labute approximate surface area is 129 Å². The normalized spacial score (nSPS) is 60.1. The lowest BCUT2D eigenvalue weighted by Crippen LogP contribution is -2.57. The highest BCUT2D eigenvalue weighted by atomic mass is 16.7. The van der Waals surface area contributed by atoms with Crippen molar-refractivity contribution in [2.45, 2.75) is 74.5 Å². The van der Waals surface area contributed by atoms with E-state index in [0.717, 1.165) is 6.42 Å². The first-order chi connectivity index (χ1) is 10.3. The number of ketones is 1. The number of fused-ring (bicyclic) bond motifs is 2. The van der Waals surface area contributed by atoms with Gasteiger partial charge in [0.15, 0.2) is 5.78 Å². The summed E-state index contributed by atoms with van der Waals surface area (Å²) in [6.07, 6.45) is 0.235. The third-order valence-corrected chi connectivity index (χ3v) is 6.28. The van der Waals surface area contributed by atoms with E-state index in [2.05, 4.69) is 20.8 Å². The molecule has 122 valence electrons. The number of hydrogen-bond acceptors (Lipinski definition) is 6. The molecule has 5 aliphatic rings. The molecule has 1 aliphatic carbocycles. The molecule has 22 heavy (non-hydrogen) atoms. The molecule has 0 radical (unpaired) electrons. The lowest BCUT2D eigenvalue weighted by Gasteiger charge is -2.35. The van der Waals surface area contributed by atoms with Crippen LogP contribution in [-0.4, -0.2) is 66.8 Å². The van der Waals surface area contributed by atoms with Gasteiger partial charge in [-0.25, -0.2) is 0 Å². The Balaban J connectivity index is 1.40. The lowest BCUT2D eigenvalue weighted by molar-refractivity contribution is -0.139. The molecule has 1 saturated carbocycles. The number of epoxide rings is 4. The highest BCUT2D eigenvalue weighted by molar-refractivity contribution is 5.92. The van der Waals surface area contributed by atoms with Crippen molar-refractivity contribution >= 4 is 5.78 Å². The van der Waals surface area contributed by atoms with Crippen molar-refractivity contribution in [2.24, 2.45) is 5.92 Å². The van der Waals surface area contributed by atoms with E-state index in [1.165, 1.54) is 0 Å². The Morgan fingerprint density at radius 1 is 1.23 bits per heavy atom. The zero-order chi connectivity index (χ0) is 15.5. The number of carbonyl (C=O) groups is 1. The largest absolute Gasteiger partial charge is 0.373 e. The third-order valence-electron chi connectivity index (χ3n) is 6.28. The van der Waals surface area contributed by atoms with Crippen LogP contribution in [0.25, 0.3) is 0 Å². The van der Waals surface area contributed by atoms with Gasteiger partial charge in [-0.15, -0.1) is 0 Å². The first-order valence-corrected chi connectivity index (χ1v) is 8.05. The van der Waals surface area contributed by atoms with Gasteiger partial charge in [0, 0.05) is 13.5 Å². The Bertz CT molecular complexity index is 555. The predicted octanol–water partition coefficient (Wildman–Crippen LogP) is 0.462. The Morgan fingerprint density at radius 2 is 1.91 bits per heavy atom. The van der Waals surface area contributed by atoms with E-state index in [-0.39, 0.29) is 47.3 Å². The highest BCUT2D eigenvalue weighted by Gasteiger charge is 2.82.